The Bertz CT molecular complexity index is 1110. The molecule has 2 heterocycles. The highest BCUT2D eigenvalue weighted by atomic mass is 16.5. The average Bonchev–Trinajstić information content (AvgIpc) is 3.29. The van der Waals surface area contributed by atoms with E-state index >= 15 is 0 Å². The fourth-order valence-electron chi connectivity index (χ4n) is 3.13. The number of benzene rings is 1. The van der Waals surface area contributed by atoms with Gasteiger partial charge in [0.15, 0.2) is 22.9 Å². The number of rotatable bonds is 9. The largest absolute Gasteiger partial charge is 0.493 e. The third-order valence-electron chi connectivity index (χ3n) is 5.09. The van der Waals surface area contributed by atoms with Crippen molar-refractivity contribution in [2.75, 3.05) is 14.2 Å². The van der Waals surface area contributed by atoms with E-state index in [0.717, 1.165) is 17.7 Å². The van der Waals surface area contributed by atoms with Crippen molar-refractivity contribution >= 4 is 11.4 Å². The minimum absolute atomic E-state index is 0.0289. The molecule has 0 unspecified atom stereocenters. The van der Waals surface area contributed by atoms with Gasteiger partial charge in [-0.05, 0) is 51.0 Å². The molecular formula is C27H35N3O3. The van der Waals surface area contributed by atoms with E-state index in [2.05, 4.69) is 49.1 Å². The van der Waals surface area contributed by atoms with Crippen molar-refractivity contribution < 1.29 is 14.3 Å². The number of carbonyl (C=O) groups is 1. The van der Waals surface area contributed by atoms with Gasteiger partial charge in [0.05, 0.1) is 19.9 Å². The molecule has 1 aromatic carbocycles. The lowest BCUT2D eigenvalue weighted by Crippen LogP contribution is -2.01. The third-order valence-corrected chi connectivity index (χ3v) is 5.09. The first-order valence-electron chi connectivity index (χ1n) is 11.4. The second kappa shape index (κ2) is 13.2. The zero-order valence-electron chi connectivity index (χ0n) is 20.6. The Balaban J connectivity index is 0.000000365. The Labute approximate surface area is 197 Å². The topological polar surface area (TPSA) is 65.7 Å². The van der Waals surface area contributed by atoms with E-state index in [4.69, 9.17) is 9.47 Å². The molecule has 0 fully saturated rings. The summed E-state index contributed by atoms with van der Waals surface area (Å²) in [6, 6.07) is 9.22. The standard InChI is InChI=1S/C18H19N3O3.C9H16/c1-4-5-15(22)13-11-18-19-9-8-14(21(18)20-13)12-6-7-16(23-2)17(10-12)24-3;1-4-6-7-8-9(3)5-2/h6-11H,4-5H2,1-3H3;5,7-8H,4,6H2,1-3H3/b;8-7-,9-5-. The summed E-state index contributed by atoms with van der Waals surface area (Å²) in [7, 11) is 3.19. The predicted molar refractivity (Wildman–Crippen MR) is 134 cm³/mol. The van der Waals surface area contributed by atoms with Crippen LogP contribution in [0.1, 0.15) is 63.9 Å². The SMILES string of the molecule is C/C=C(C)\C=C/CCC.CCCC(=O)c1cc2nccc(-c3ccc(OC)c(OC)c3)n2n1. The van der Waals surface area contributed by atoms with E-state index < -0.39 is 0 Å². The fraction of sp³-hybridized carbons (Fsp3) is 0.370. The maximum atomic E-state index is 12.1. The first kappa shape index (κ1) is 25.8. The summed E-state index contributed by atoms with van der Waals surface area (Å²) in [5.74, 6) is 1.32. The van der Waals surface area contributed by atoms with Crippen LogP contribution in [0.4, 0.5) is 0 Å². The first-order valence-corrected chi connectivity index (χ1v) is 11.4. The Morgan fingerprint density at radius 1 is 1.06 bits per heavy atom. The summed E-state index contributed by atoms with van der Waals surface area (Å²) < 4.78 is 12.3. The van der Waals surface area contributed by atoms with Gasteiger partial charge in [0.2, 0.25) is 0 Å². The molecule has 6 heteroatoms. The van der Waals surface area contributed by atoms with Gasteiger partial charge in [-0.3, -0.25) is 4.79 Å². The summed E-state index contributed by atoms with van der Waals surface area (Å²) in [5.41, 5.74) is 4.16. The van der Waals surface area contributed by atoms with E-state index in [9.17, 15) is 4.79 Å². The normalized spacial score (nSPS) is 11.4. The van der Waals surface area contributed by atoms with Gasteiger partial charge in [-0.15, -0.1) is 0 Å². The minimum atomic E-state index is 0.0289. The highest BCUT2D eigenvalue weighted by molar-refractivity contribution is 5.95. The maximum Gasteiger partial charge on any atom is 0.183 e. The second-order valence-corrected chi connectivity index (χ2v) is 7.60. The van der Waals surface area contributed by atoms with E-state index in [0.29, 0.717) is 29.3 Å². The Kier molecular flexibility index (Phi) is 10.3. The van der Waals surface area contributed by atoms with Crippen LogP contribution in [0.3, 0.4) is 0 Å². The summed E-state index contributed by atoms with van der Waals surface area (Å²) in [4.78, 5) is 16.4. The first-order chi connectivity index (χ1) is 16.0. The van der Waals surface area contributed by atoms with Crippen LogP contribution >= 0.6 is 0 Å². The van der Waals surface area contributed by atoms with Crippen LogP contribution in [-0.2, 0) is 0 Å². The van der Waals surface area contributed by atoms with Crippen LogP contribution in [0.2, 0.25) is 0 Å². The monoisotopic (exact) mass is 449 g/mol. The molecule has 0 saturated heterocycles. The van der Waals surface area contributed by atoms with Crippen molar-refractivity contribution in [1.29, 1.82) is 0 Å². The van der Waals surface area contributed by atoms with Crippen molar-refractivity contribution in [2.24, 2.45) is 0 Å². The van der Waals surface area contributed by atoms with E-state index in [1.165, 1.54) is 18.4 Å². The van der Waals surface area contributed by atoms with Crippen molar-refractivity contribution in [1.82, 2.24) is 14.6 Å². The zero-order chi connectivity index (χ0) is 24.2. The molecule has 0 spiro atoms. The van der Waals surface area contributed by atoms with E-state index in [-0.39, 0.29) is 5.78 Å². The molecule has 0 aliphatic carbocycles. The molecule has 0 atom stereocenters. The number of Topliss-reactive ketones (excluding diaryl/α,β-unsaturated/α-hetero) is 1. The molecule has 0 amide bonds. The van der Waals surface area contributed by atoms with Crippen molar-refractivity contribution in [2.45, 2.75) is 53.4 Å². The van der Waals surface area contributed by atoms with Gasteiger partial charge in [-0.25, -0.2) is 9.50 Å². The van der Waals surface area contributed by atoms with Crippen molar-refractivity contribution in [3.05, 3.63) is 66.0 Å². The number of nitrogens with zero attached hydrogens (tertiary/aromatic N) is 3. The molecular weight excluding hydrogens is 414 g/mol. The Hall–Kier alpha value is -3.41. The van der Waals surface area contributed by atoms with Crippen LogP contribution < -0.4 is 9.47 Å². The summed E-state index contributed by atoms with van der Waals surface area (Å²) in [5, 5.41) is 4.44. The van der Waals surface area contributed by atoms with Crippen molar-refractivity contribution in [3.63, 3.8) is 0 Å². The number of ketones is 1. The number of carbonyl (C=O) groups excluding carboxylic acids is 1. The molecule has 0 saturated carbocycles. The van der Waals surface area contributed by atoms with Gasteiger partial charge in [0.1, 0.15) is 5.69 Å². The number of hydrogen-bond acceptors (Lipinski definition) is 5. The smallest absolute Gasteiger partial charge is 0.183 e. The molecule has 33 heavy (non-hydrogen) atoms. The van der Waals surface area contributed by atoms with Crippen LogP contribution in [0.15, 0.2) is 60.3 Å². The maximum absolute atomic E-state index is 12.1. The molecule has 0 N–H and O–H groups in total. The molecule has 0 aliphatic heterocycles. The van der Waals surface area contributed by atoms with E-state index in [1.54, 1.807) is 31.0 Å². The number of unbranched alkanes of at least 4 members (excludes halogenated alkanes) is 1. The molecule has 0 aliphatic rings. The zero-order valence-corrected chi connectivity index (χ0v) is 20.6. The van der Waals surface area contributed by atoms with Crippen molar-refractivity contribution in [3.8, 4) is 22.8 Å². The molecule has 3 rings (SSSR count). The second-order valence-electron chi connectivity index (χ2n) is 7.60. The molecule has 176 valence electrons. The number of ether oxygens (including phenoxy) is 2. The van der Waals surface area contributed by atoms with Gasteiger partial charge in [0, 0.05) is 24.2 Å². The Morgan fingerprint density at radius 2 is 1.82 bits per heavy atom. The average molecular weight is 450 g/mol. The van der Waals surface area contributed by atoms with Gasteiger partial charge < -0.3 is 9.47 Å². The summed E-state index contributed by atoms with van der Waals surface area (Å²) in [6.07, 6.45) is 11.9. The lowest BCUT2D eigenvalue weighted by Gasteiger charge is -2.10. The van der Waals surface area contributed by atoms with Gasteiger partial charge in [-0.2, -0.15) is 5.10 Å². The van der Waals surface area contributed by atoms with E-state index in [1.807, 2.05) is 31.2 Å². The number of methoxy groups -OCH3 is 2. The predicted octanol–water partition coefficient (Wildman–Crippen LogP) is 6.71. The molecule has 0 bridgehead atoms. The summed E-state index contributed by atoms with van der Waals surface area (Å²) >= 11 is 0. The highest BCUT2D eigenvalue weighted by Crippen LogP contribution is 2.32. The third kappa shape index (κ3) is 7.04. The Morgan fingerprint density at radius 3 is 2.45 bits per heavy atom. The lowest BCUT2D eigenvalue weighted by molar-refractivity contribution is 0.0976. The van der Waals surface area contributed by atoms with Gasteiger partial charge in [0.25, 0.3) is 0 Å². The van der Waals surface area contributed by atoms with Crippen LogP contribution in [-0.4, -0.2) is 34.6 Å². The molecule has 0 radical (unpaired) electrons. The van der Waals surface area contributed by atoms with Crippen LogP contribution in [0, 0.1) is 0 Å². The number of fused-ring (bicyclic) bond motifs is 1. The quantitative estimate of drug-likeness (QED) is 0.268. The van der Waals surface area contributed by atoms with Gasteiger partial charge in [-0.1, -0.05) is 44.1 Å². The van der Waals surface area contributed by atoms with Crippen LogP contribution in [0.25, 0.3) is 16.9 Å². The van der Waals surface area contributed by atoms with Gasteiger partial charge >= 0.3 is 0 Å². The summed E-state index contributed by atoms with van der Waals surface area (Å²) in [6.45, 7) is 8.34. The highest BCUT2D eigenvalue weighted by Gasteiger charge is 2.14. The minimum Gasteiger partial charge on any atom is -0.493 e. The number of aromatic nitrogens is 3. The number of allylic oxidation sites excluding steroid dienone is 4. The molecule has 3 aromatic rings. The van der Waals surface area contributed by atoms with Crippen LogP contribution in [0.5, 0.6) is 11.5 Å². The lowest BCUT2D eigenvalue weighted by atomic mass is 10.1. The molecule has 6 nitrogen and oxygen atoms in total. The fourth-order valence-corrected chi connectivity index (χ4v) is 3.13. The molecule has 2 aromatic heterocycles. The number of hydrogen-bond donors (Lipinski definition) is 0.